The largest absolute Gasteiger partial charge is 0.414 e. The molecule has 2 aromatic rings. The van der Waals surface area contributed by atoms with Crippen LogP contribution < -0.4 is 11.4 Å². The standard InChI is InChI=1S/C19H29N3O2Si/c1-14(2)13-25(4,5)24-15(3)12-16-6-8-17(9-7-16)22-11-10-18(20)21-19(22)23/h6-11,14-15H,12-13H2,1-5H3,(H2,20,21,23). The van der Waals surface area contributed by atoms with Gasteiger partial charge < -0.3 is 10.2 Å². The monoisotopic (exact) mass is 359 g/mol. The highest BCUT2D eigenvalue weighted by Gasteiger charge is 2.26. The van der Waals surface area contributed by atoms with E-state index in [1.807, 2.05) is 24.3 Å². The first-order valence-corrected chi connectivity index (χ1v) is 11.9. The molecule has 2 rings (SSSR count). The van der Waals surface area contributed by atoms with Crippen LogP contribution in [-0.4, -0.2) is 24.0 Å². The summed E-state index contributed by atoms with van der Waals surface area (Å²) >= 11 is 0. The molecule has 1 aromatic carbocycles. The quantitative estimate of drug-likeness (QED) is 0.767. The number of nitrogens with zero attached hydrogens (tertiary/aromatic N) is 2. The highest BCUT2D eigenvalue weighted by molar-refractivity contribution is 6.71. The molecule has 136 valence electrons. The Hall–Kier alpha value is -1.92. The number of hydrogen-bond acceptors (Lipinski definition) is 4. The van der Waals surface area contributed by atoms with Crippen LogP contribution in [0.5, 0.6) is 0 Å². The molecule has 0 saturated carbocycles. The molecule has 0 aliphatic heterocycles. The van der Waals surface area contributed by atoms with Gasteiger partial charge >= 0.3 is 5.69 Å². The summed E-state index contributed by atoms with van der Waals surface area (Å²) in [4.78, 5) is 15.7. The molecule has 0 aliphatic carbocycles. The number of nitrogens with two attached hydrogens (primary N) is 1. The fourth-order valence-corrected chi connectivity index (χ4v) is 6.59. The summed E-state index contributed by atoms with van der Waals surface area (Å²) in [5, 5.41) is 0. The summed E-state index contributed by atoms with van der Waals surface area (Å²) in [5.74, 6) is 0.900. The minimum absolute atomic E-state index is 0.187. The van der Waals surface area contributed by atoms with Gasteiger partial charge in [-0.05, 0) is 62.2 Å². The number of nitrogen functional groups attached to an aromatic ring is 1. The molecule has 1 atom stereocenters. The van der Waals surface area contributed by atoms with Crippen molar-refractivity contribution in [2.24, 2.45) is 5.92 Å². The predicted octanol–water partition coefficient (Wildman–Crippen LogP) is 3.62. The summed E-state index contributed by atoms with van der Waals surface area (Å²) in [6, 6.07) is 10.7. The van der Waals surface area contributed by atoms with Crippen molar-refractivity contribution >= 4 is 14.1 Å². The number of aromatic nitrogens is 2. The van der Waals surface area contributed by atoms with Crippen molar-refractivity contribution < 1.29 is 4.43 Å². The van der Waals surface area contributed by atoms with Gasteiger partial charge in [0.2, 0.25) is 0 Å². The molecule has 25 heavy (non-hydrogen) atoms. The fraction of sp³-hybridized carbons (Fsp3) is 0.474. The van der Waals surface area contributed by atoms with Gasteiger partial charge in [0, 0.05) is 12.3 Å². The van der Waals surface area contributed by atoms with Crippen LogP contribution in [0.15, 0.2) is 41.3 Å². The molecule has 1 aromatic heterocycles. The van der Waals surface area contributed by atoms with E-state index in [-0.39, 0.29) is 17.6 Å². The van der Waals surface area contributed by atoms with Gasteiger partial charge in [0.05, 0.1) is 5.69 Å². The van der Waals surface area contributed by atoms with Gasteiger partial charge in [-0.3, -0.25) is 4.57 Å². The second-order valence-corrected chi connectivity index (χ2v) is 11.8. The molecular formula is C19H29N3O2Si. The lowest BCUT2D eigenvalue weighted by molar-refractivity contribution is 0.209. The first kappa shape index (κ1) is 19.4. The second kappa shape index (κ2) is 7.97. The molecule has 0 spiro atoms. The van der Waals surface area contributed by atoms with Crippen molar-refractivity contribution in [3.05, 3.63) is 52.6 Å². The number of anilines is 1. The van der Waals surface area contributed by atoms with Gasteiger partial charge in [-0.15, -0.1) is 0 Å². The summed E-state index contributed by atoms with van der Waals surface area (Å²) in [6.45, 7) is 11.2. The van der Waals surface area contributed by atoms with E-state index < -0.39 is 8.32 Å². The van der Waals surface area contributed by atoms with Gasteiger partial charge in [-0.1, -0.05) is 26.0 Å². The summed E-state index contributed by atoms with van der Waals surface area (Å²) < 4.78 is 7.84. The lowest BCUT2D eigenvalue weighted by Gasteiger charge is -2.29. The van der Waals surface area contributed by atoms with E-state index in [9.17, 15) is 4.79 Å². The zero-order valence-electron chi connectivity index (χ0n) is 15.8. The van der Waals surface area contributed by atoms with Crippen molar-refractivity contribution in [3.63, 3.8) is 0 Å². The van der Waals surface area contributed by atoms with Crippen LogP contribution in [0.4, 0.5) is 5.82 Å². The number of hydrogen-bond donors (Lipinski definition) is 1. The molecular weight excluding hydrogens is 330 g/mol. The van der Waals surface area contributed by atoms with Crippen molar-refractivity contribution in [2.45, 2.75) is 52.4 Å². The van der Waals surface area contributed by atoms with Gasteiger partial charge in [0.1, 0.15) is 5.82 Å². The van der Waals surface area contributed by atoms with E-state index in [0.29, 0.717) is 5.92 Å². The molecule has 1 heterocycles. The van der Waals surface area contributed by atoms with Crippen LogP contribution in [0.1, 0.15) is 26.3 Å². The molecule has 0 aliphatic rings. The minimum Gasteiger partial charge on any atom is -0.414 e. The molecule has 5 nitrogen and oxygen atoms in total. The lowest BCUT2D eigenvalue weighted by Crippen LogP contribution is -2.36. The smallest absolute Gasteiger partial charge is 0.354 e. The third kappa shape index (κ3) is 5.83. The van der Waals surface area contributed by atoms with E-state index in [1.165, 1.54) is 16.2 Å². The van der Waals surface area contributed by atoms with E-state index in [0.717, 1.165) is 12.1 Å². The maximum absolute atomic E-state index is 11.9. The second-order valence-electron chi connectivity index (χ2n) is 7.66. The van der Waals surface area contributed by atoms with Crippen LogP contribution in [0.25, 0.3) is 5.69 Å². The van der Waals surface area contributed by atoms with Crippen LogP contribution in [0, 0.1) is 5.92 Å². The Balaban J connectivity index is 2.04. The molecule has 2 N–H and O–H groups in total. The van der Waals surface area contributed by atoms with Gasteiger partial charge in [0.25, 0.3) is 0 Å². The lowest BCUT2D eigenvalue weighted by atomic mass is 10.1. The zero-order chi connectivity index (χ0) is 18.6. The number of rotatable bonds is 7. The fourth-order valence-electron chi connectivity index (χ4n) is 3.35. The Morgan fingerprint density at radius 1 is 1.16 bits per heavy atom. The first-order chi connectivity index (χ1) is 11.7. The SMILES string of the molecule is CC(C)C[Si](C)(C)OC(C)Cc1ccc(-n2ccc(N)nc2=O)cc1. The van der Waals surface area contributed by atoms with E-state index in [4.69, 9.17) is 10.2 Å². The van der Waals surface area contributed by atoms with Gasteiger partial charge in [-0.2, -0.15) is 4.98 Å². The average molecular weight is 360 g/mol. The average Bonchev–Trinajstić information content (AvgIpc) is 2.46. The maximum atomic E-state index is 11.9. The summed E-state index contributed by atoms with van der Waals surface area (Å²) in [5.41, 5.74) is 7.14. The minimum atomic E-state index is -1.63. The third-order valence-electron chi connectivity index (χ3n) is 3.98. The molecule has 0 radical (unpaired) electrons. The predicted molar refractivity (Wildman–Crippen MR) is 106 cm³/mol. The van der Waals surface area contributed by atoms with Crippen molar-refractivity contribution in [1.82, 2.24) is 9.55 Å². The molecule has 0 amide bonds. The van der Waals surface area contributed by atoms with Gasteiger partial charge in [-0.25, -0.2) is 4.79 Å². The van der Waals surface area contributed by atoms with Crippen LogP contribution in [0.3, 0.4) is 0 Å². The molecule has 0 fully saturated rings. The Kier molecular flexibility index (Phi) is 6.19. The van der Waals surface area contributed by atoms with Crippen LogP contribution in [0.2, 0.25) is 19.1 Å². The molecule has 6 heteroatoms. The highest BCUT2D eigenvalue weighted by atomic mass is 28.4. The Bertz CT molecular complexity index is 754. The molecule has 0 saturated heterocycles. The van der Waals surface area contributed by atoms with Crippen molar-refractivity contribution in [3.8, 4) is 5.69 Å². The van der Waals surface area contributed by atoms with E-state index in [2.05, 4.69) is 38.8 Å². The Labute approximate surface area is 151 Å². The molecule has 0 bridgehead atoms. The Morgan fingerprint density at radius 3 is 2.36 bits per heavy atom. The zero-order valence-corrected chi connectivity index (χ0v) is 16.8. The van der Waals surface area contributed by atoms with E-state index >= 15 is 0 Å². The number of benzene rings is 1. The van der Waals surface area contributed by atoms with Crippen LogP contribution in [-0.2, 0) is 10.8 Å². The van der Waals surface area contributed by atoms with E-state index in [1.54, 1.807) is 12.3 Å². The molecule has 1 unspecified atom stereocenters. The first-order valence-electron chi connectivity index (χ1n) is 8.78. The maximum Gasteiger partial charge on any atom is 0.354 e. The highest BCUT2D eigenvalue weighted by Crippen LogP contribution is 2.21. The van der Waals surface area contributed by atoms with Crippen molar-refractivity contribution in [1.29, 1.82) is 0 Å². The normalized spacial score (nSPS) is 13.2. The van der Waals surface area contributed by atoms with Gasteiger partial charge in [0.15, 0.2) is 8.32 Å². The third-order valence-corrected chi connectivity index (χ3v) is 6.82. The summed E-state index contributed by atoms with van der Waals surface area (Å²) in [6.07, 6.45) is 2.70. The Morgan fingerprint density at radius 2 is 1.80 bits per heavy atom. The van der Waals surface area contributed by atoms with Crippen LogP contribution >= 0.6 is 0 Å². The van der Waals surface area contributed by atoms with Crippen molar-refractivity contribution in [2.75, 3.05) is 5.73 Å². The summed E-state index contributed by atoms with van der Waals surface area (Å²) in [7, 11) is -1.63. The topological polar surface area (TPSA) is 70.1 Å².